The maximum absolute atomic E-state index is 13.2. The number of benzene rings is 1. The van der Waals surface area contributed by atoms with Crippen LogP contribution in [0, 0.1) is 5.82 Å². The predicted molar refractivity (Wildman–Crippen MR) is 64.8 cm³/mol. The van der Waals surface area contributed by atoms with Gasteiger partial charge in [0.15, 0.2) is 0 Å². The molecule has 2 aliphatic heterocycles. The fraction of sp³-hybridized carbons (Fsp3) is 0.462. The normalized spacial score (nSPS) is 20.2. The molecule has 1 aromatic carbocycles. The van der Waals surface area contributed by atoms with E-state index in [1.54, 1.807) is 12.1 Å². The molecule has 3 rings (SSSR count). The number of hydrogen-bond donors (Lipinski definition) is 1. The van der Waals surface area contributed by atoms with Crippen LogP contribution >= 0.6 is 0 Å². The Morgan fingerprint density at radius 2 is 2.12 bits per heavy atom. The first-order valence-corrected chi connectivity index (χ1v) is 6.08. The summed E-state index contributed by atoms with van der Waals surface area (Å²) in [5, 5.41) is 5.28. The van der Waals surface area contributed by atoms with E-state index in [-0.39, 0.29) is 5.82 Å². The van der Waals surface area contributed by atoms with Gasteiger partial charge in [0.1, 0.15) is 5.82 Å². The smallest absolute Gasteiger partial charge is 0.123 e. The molecule has 1 fully saturated rings. The van der Waals surface area contributed by atoms with Gasteiger partial charge in [0, 0.05) is 37.9 Å². The molecule has 0 bridgehead atoms. The predicted octanol–water partition coefficient (Wildman–Crippen LogP) is -0.485. The van der Waals surface area contributed by atoms with Crippen LogP contribution in [-0.2, 0) is 0 Å². The number of piperazine rings is 1. The third kappa shape index (κ3) is 2.23. The van der Waals surface area contributed by atoms with Crippen LogP contribution in [0.2, 0.25) is 0 Å². The van der Waals surface area contributed by atoms with Gasteiger partial charge in [-0.1, -0.05) is 0 Å². The Morgan fingerprint density at radius 1 is 1.29 bits per heavy atom. The van der Waals surface area contributed by atoms with E-state index >= 15 is 0 Å². The van der Waals surface area contributed by atoms with Gasteiger partial charge in [-0.05, 0) is 23.8 Å². The second-order valence-corrected chi connectivity index (χ2v) is 4.61. The lowest BCUT2D eigenvalue weighted by Crippen LogP contribution is -2.44. The van der Waals surface area contributed by atoms with Crippen LogP contribution in [0.15, 0.2) is 23.2 Å². The summed E-state index contributed by atoms with van der Waals surface area (Å²) in [5.41, 5.74) is 1.25. The molecule has 0 saturated carbocycles. The molecule has 0 amide bonds. The van der Waals surface area contributed by atoms with E-state index in [0.29, 0.717) is 0 Å². The molecule has 3 nitrogen and oxygen atoms in total. The molecule has 1 N–H and O–H groups in total. The van der Waals surface area contributed by atoms with Crippen LogP contribution in [0.1, 0.15) is 0 Å². The van der Waals surface area contributed by atoms with E-state index in [1.807, 2.05) is 0 Å². The standard InChI is InChI=1S/C13H16FN3/c14-11-1-2-13-12(7-11)10(8-16-13)9-17-5-3-15-4-6-17/h1-2,7,15H,3-6,8-9H2. The second-order valence-electron chi connectivity index (χ2n) is 4.61. The van der Waals surface area contributed by atoms with Crippen molar-refractivity contribution < 1.29 is 4.39 Å². The van der Waals surface area contributed by atoms with Crippen molar-refractivity contribution in [3.63, 3.8) is 0 Å². The number of nitrogens with zero attached hydrogens (tertiary/aromatic N) is 2. The van der Waals surface area contributed by atoms with E-state index in [0.717, 1.165) is 49.8 Å². The van der Waals surface area contributed by atoms with Gasteiger partial charge in [0.05, 0.1) is 11.9 Å². The Labute approximate surface area is 99.7 Å². The molecule has 0 aliphatic carbocycles. The van der Waals surface area contributed by atoms with Gasteiger partial charge in [-0.25, -0.2) is 4.39 Å². The van der Waals surface area contributed by atoms with Crippen molar-refractivity contribution >= 4 is 5.57 Å². The van der Waals surface area contributed by atoms with Gasteiger partial charge < -0.3 is 5.32 Å². The van der Waals surface area contributed by atoms with E-state index in [9.17, 15) is 4.39 Å². The van der Waals surface area contributed by atoms with Crippen molar-refractivity contribution in [2.45, 2.75) is 0 Å². The van der Waals surface area contributed by atoms with E-state index in [4.69, 9.17) is 0 Å². The third-order valence-electron chi connectivity index (χ3n) is 3.40. The van der Waals surface area contributed by atoms with Gasteiger partial charge in [0.2, 0.25) is 0 Å². The lowest BCUT2D eigenvalue weighted by atomic mass is 10.1. The van der Waals surface area contributed by atoms with Crippen molar-refractivity contribution in [2.75, 3.05) is 39.3 Å². The van der Waals surface area contributed by atoms with Crippen LogP contribution < -0.4 is 15.9 Å². The van der Waals surface area contributed by atoms with Gasteiger partial charge in [-0.3, -0.25) is 9.89 Å². The summed E-state index contributed by atoms with van der Waals surface area (Å²) in [7, 11) is 0. The fourth-order valence-electron chi connectivity index (χ4n) is 2.47. The highest BCUT2D eigenvalue weighted by molar-refractivity contribution is 5.50. The molecule has 2 aliphatic rings. The first kappa shape index (κ1) is 10.9. The molecule has 0 aromatic heterocycles. The molecular formula is C13H16FN3. The molecule has 90 valence electrons. The van der Waals surface area contributed by atoms with Gasteiger partial charge in [0.25, 0.3) is 0 Å². The van der Waals surface area contributed by atoms with Gasteiger partial charge in [-0.15, -0.1) is 0 Å². The van der Waals surface area contributed by atoms with Crippen LogP contribution in [-0.4, -0.2) is 44.2 Å². The Balaban J connectivity index is 1.88. The molecular weight excluding hydrogens is 217 g/mol. The highest BCUT2D eigenvalue weighted by Crippen LogP contribution is 2.03. The highest BCUT2D eigenvalue weighted by Gasteiger charge is 2.14. The largest absolute Gasteiger partial charge is 0.314 e. The lowest BCUT2D eigenvalue weighted by Gasteiger charge is -2.27. The van der Waals surface area contributed by atoms with Crippen LogP contribution in [0.4, 0.5) is 4.39 Å². The first-order chi connectivity index (χ1) is 8.33. The number of rotatable bonds is 2. The number of halogens is 1. The molecule has 0 atom stereocenters. The van der Waals surface area contributed by atoms with Crippen molar-refractivity contribution in [1.82, 2.24) is 10.2 Å². The van der Waals surface area contributed by atoms with E-state index in [1.165, 1.54) is 11.6 Å². The minimum Gasteiger partial charge on any atom is -0.314 e. The maximum Gasteiger partial charge on any atom is 0.123 e. The van der Waals surface area contributed by atoms with Crippen molar-refractivity contribution in [3.8, 4) is 0 Å². The number of hydrogen-bond acceptors (Lipinski definition) is 3. The van der Waals surface area contributed by atoms with Crippen LogP contribution in [0.25, 0.3) is 5.57 Å². The summed E-state index contributed by atoms with van der Waals surface area (Å²) >= 11 is 0. The SMILES string of the molecule is Fc1ccc2c(c1)=C(CN1CCNCC1)CN=2. The summed E-state index contributed by atoms with van der Waals surface area (Å²) in [5.74, 6) is -0.168. The molecule has 1 saturated heterocycles. The number of nitrogens with one attached hydrogen (secondary N) is 1. The average molecular weight is 233 g/mol. The van der Waals surface area contributed by atoms with Gasteiger partial charge in [-0.2, -0.15) is 0 Å². The molecule has 2 heterocycles. The summed E-state index contributed by atoms with van der Waals surface area (Å²) in [6.45, 7) is 5.85. The lowest BCUT2D eigenvalue weighted by molar-refractivity contribution is 0.267. The van der Waals surface area contributed by atoms with Gasteiger partial charge >= 0.3 is 0 Å². The minimum atomic E-state index is -0.168. The van der Waals surface area contributed by atoms with E-state index < -0.39 is 0 Å². The Bertz CT molecular complexity index is 532. The second kappa shape index (κ2) is 4.55. The minimum absolute atomic E-state index is 0.168. The summed E-state index contributed by atoms with van der Waals surface area (Å²) < 4.78 is 13.2. The fourth-order valence-corrected chi connectivity index (χ4v) is 2.47. The monoisotopic (exact) mass is 233 g/mol. The third-order valence-corrected chi connectivity index (χ3v) is 3.40. The molecule has 4 heteroatoms. The molecule has 0 spiro atoms. The zero-order valence-electron chi connectivity index (χ0n) is 9.75. The van der Waals surface area contributed by atoms with Crippen LogP contribution in [0.3, 0.4) is 0 Å². The van der Waals surface area contributed by atoms with Crippen molar-refractivity contribution in [3.05, 3.63) is 34.6 Å². The zero-order valence-corrected chi connectivity index (χ0v) is 9.75. The molecule has 1 aromatic rings. The van der Waals surface area contributed by atoms with Crippen molar-refractivity contribution in [1.29, 1.82) is 0 Å². The molecule has 0 radical (unpaired) electrons. The Kier molecular flexibility index (Phi) is 2.91. The molecule has 17 heavy (non-hydrogen) atoms. The molecule has 0 unspecified atom stereocenters. The zero-order chi connectivity index (χ0) is 11.7. The van der Waals surface area contributed by atoms with Crippen molar-refractivity contribution in [2.24, 2.45) is 4.99 Å². The van der Waals surface area contributed by atoms with E-state index in [2.05, 4.69) is 15.2 Å². The Morgan fingerprint density at radius 3 is 2.94 bits per heavy atom. The summed E-state index contributed by atoms with van der Waals surface area (Å²) in [4.78, 5) is 6.85. The topological polar surface area (TPSA) is 27.6 Å². The summed E-state index contributed by atoms with van der Waals surface area (Å²) in [6.07, 6.45) is 0. The average Bonchev–Trinajstić information content (AvgIpc) is 2.73. The highest BCUT2D eigenvalue weighted by atomic mass is 19.1. The van der Waals surface area contributed by atoms with Crippen LogP contribution in [0.5, 0.6) is 0 Å². The quantitative estimate of drug-likeness (QED) is 0.747. The number of fused-ring (bicyclic) bond motifs is 1. The summed E-state index contributed by atoms with van der Waals surface area (Å²) in [6, 6.07) is 4.87. The Hall–Kier alpha value is -1.26. The maximum atomic E-state index is 13.2. The first-order valence-electron chi connectivity index (χ1n) is 6.08.